The zero-order chi connectivity index (χ0) is 60.4. The van der Waals surface area contributed by atoms with Crippen LogP contribution in [0.4, 0.5) is 9.18 Å². The maximum absolute atomic E-state index is 15.5. The molecule has 4 aromatic rings. The lowest BCUT2D eigenvalue weighted by Crippen LogP contribution is -2.49. The number of nitrogens with zero attached hydrogens (tertiary/aromatic N) is 3. The fourth-order valence-corrected chi connectivity index (χ4v) is 9.96. The van der Waals surface area contributed by atoms with Crippen molar-refractivity contribution in [2.45, 2.75) is 86.3 Å². The number of halogens is 1. The summed E-state index contributed by atoms with van der Waals surface area (Å²) in [6, 6.07) is 9.86. The minimum atomic E-state index is -1.57. The third-order valence-electron chi connectivity index (χ3n) is 14.8. The number of aryl methyl sites for hydroxylation is 1. The van der Waals surface area contributed by atoms with Crippen LogP contribution in [0.2, 0.25) is 6.32 Å². The number of rotatable bonds is 42. The van der Waals surface area contributed by atoms with Gasteiger partial charge in [-0.1, -0.05) is 25.6 Å². The molecule has 2 aromatic carbocycles. The van der Waals surface area contributed by atoms with Crippen LogP contribution in [0, 0.1) is 18.2 Å². The minimum Gasteiger partial charge on any atom is -0.491 e. The van der Waals surface area contributed by atoms with Gasteiger partial charge in [0.05, 0.1) is 180 Å². The number of benzene rings is 2. The van der Waals surface area contributed by atoms with E-state index in [1.54, 1.807) is 30.5 Å². The molecule has 7 rings (SSSR count). The van der Waals surface area contributed by atoms with Crippen LogP contribution in [-0.2, 0) is 86.0 Å². The van der Waals surface area contributed by atoms with E-state index < -0.39 is 35.8 Å². The molecule has 2 N–H and O–H groups in total. The first-order valence-corrected chi connectivity index (χ1v) is 29.7. The van der Waals surface area contributed by atoms with E-state index in [1.807, 2.05) is 25.1 Å². The first-order valence-electron chi connectivity index (χ1n) is 29.7. The Hall–Kier alpha value is -5.77. The normalized spacial score (nSPS) is 14.6. The molecule has 2 amide bonds. The third-order valence-corrected chi connectivity index (χ3v) is 14.8. The van der Waals surface area contributed by atoms with Gasteiger partial charge in [-0.25, -0.2) is 14.8 Å². The summed E-state index contributed by atoms with van der Waals surface area (Å²) in [7, 11) is 0. The number of fused-ring (bicyclic) bond motifs is 5. The average Bonchev–Trinajstić information content (AvgIpc) is 1.78. The Morgan fingerprint density at radius 1 is 0.694 bits per heavy atom. The van der Waals surface area contributed by atoms with Crippen LogP contribution in [-0.4, -0.2) is 192 Å². The number of nitrogens with one attached hydrogen (secondary N) is 2. The number of pyridine rings is 2. The maximum Gasteiger partial charge on any atom is 0.311 e. The second-order valence-electron chi connectivity index (χ2n) is 21.1. The van der Waals surface area contributed by atoms with Crippen molar-refractivity contribution >= 4 is 46.5 Å². The maximum atomic E-state index is 15.5. The molecule has 1 aliphatic carbocycles. The molecule has 2 aromatic heterocycles. The molecule has 3 aliphatic rings. The van der Waals surface area contributed by atoms with Gasteiger partial charge >= 0.3 is 6.71 Å². The predicted molar refractivity (Wildman–Crippen MR) is 316 cm³/mol. The SMILES string of the molecule is CCCOCCOCCOCCOCCOCCOCCOCCOCCOCCOCCOCCOc1ccc(/C(C)=N\NC(=O)C(C)(C)C(=O)NC2CCc3c(C)c(F)cc4nc5c(c2c34)Cn2c-5cc3c(c2=O)COC(=O)B3CC)cc1. The Balaban J connectivity index is 0.703. The summed E-state index contributed by atoms with van der Waals surface area (Å²) in [5.74, 6) is -1.31. The van der Waals surface area contributed by atoms with Gasteiger partial charge in [-0.15, -0.1) is 0 Å². The van der Waals surface area contributed by atoms with Crippen molar-refractivity contribution in [2.75, 3.05) is 152 Å². The van der Waals surface area contributed by atoms with Crippen molar-refractivity contribution in [3.63, 3.8) is 0 Å². The highest BCUT2D eigenvalue weighted by molar-refractivity contribution is 6.98. The van der Waals surface area contributed by atoms with E-state index in [0.717, 1.165) is 40.7 Å². The summed E-state index contributed by atoms with van der Waals surface area (Å²) in [6.45, 7) is 21.1. The molecule has 0 spiro atoms. The van der Waals surface area contributed by atoms with E-state index in [1.165, 1.54) is 19.9 Å². The fraction of sp³-hybridized carbons (Fsp3) is 0.607. The summed E-state index contributed by atoms with van der Waals surface area (Å²) >= 11 is 0. The monoisotopic (exact) mass is 1190 g/mol. The van der Waals surface area contributed by atoms with E-state index in [-0.39, 0.29) is 24.6 Å². The van der Waals surface area contributed by atoms with Crippen molar-refractivity contribution < 1.29 is 80.4 Å². The number of hydrazone groups is 1. The number of hydrogen-bond donors (Lipinski definition) is 2. The first kappa shape index (κ1) is 66.8. The highest BCUT2D eigenvalue weighted by Crippen LogP contribution is 2.45. The molecule has 4 heterocycles. The molecule has 85 heavy (non-hydrogen) atoms. The van der Waals surface area contributed by atoms with Crippen LogP contribution < -0.4 is 26.5 Å². The van der Waals surface area contributed by atoms with E-state index >= 15 is 4.39 Å². The molecule has 0 saturated heterocycles. The second kappa shape index (κ2) is 35.1. The molecule has 22 nitrogen and oxygen atoms in total. The summed E-state index contributed by atoms with van der Waals surface area (Å²) in [6.07, 6.45) is 2.34. The van der Waals surface area contributed by atoms with Crippen molar-refractivity contribution in [2.24, 2.45) is 10.5 Å². The van der Waals surface area contributed by atoms with Crippen molar-refractivity contribution in [1.82, 2.24) is 20.3 Å². The molecule has 0 radical (unpaired) electrons. The van der Waals surface area contributed by atoms with Gasteiger partial charge in [-0.2, -0.15) is 5.10 Å². The zero-order valence-electron chi connectivity index (χ0n) is 50.3. The summed E-state index contributed by atoms with van der Waals surface area (Å²) in [5, 5.41) is 8.20. The highest BCUT2D eigenvalue weighted by atomic mass is 19.1. The fourth-order valence-electron chi connectivity index (χ4n) is 9.96. The number of hydrogen-bond acceptors (Lipinski definition) is 19. The molecule has 0 bridgehead atoms. The first-order chi connectivity index (χ1) is 41.3. The van der Waals surface area contributed by atoms with Crippen molar-refractivity contribution in [1.29, 1.82) is 0 Å². The van der Waals surface area contributed by atoms with Gasteiger partial charge in [0, 0.05) is 23.6 Å². The van der Waals surface area contributed by atoms with Crippen LogP contribution in [0.5, 0.6) is 5.75 Å². The third kappa shape index (κ3) is 19.1. The van der Waals surface area contributed by atoms with E-state index in [4.69, 9.17) is 66.6 Å². The molecule has 24 heteroatoms. The Morgan fingerprint density at radius 2 is 1.19 bits per heavy atom. The van der Waals surface area contributed by atoms with Gasteiger partial charge in [-0.3, -0.25) is 19.2 Å². The van der Waals surface area contributed by atoms with Crippen LogP contribution in [0.25, 0.3) is 22.3 Å². The number of carbonyl (C=O) groups excluding carboxylic acids is 3. The van der Waals surface area contributed by atoms with Crippen LogP contribution in [0.3, 0.4) is 0 Å². The minimum absolute atomic E-state index is 0.119. The van der Waals surface area contributed by atoms with E-state index in [0.29, 0.717) is 209 Å². The van der Waals surface area contributed by atoms with Crippen LogP contribution >= 0.6 is 0 Å². The predicted octanol–water partition coefficient (Wildman–Crippen LogP) is 5.47. The highest BCUT2D eigenvalue weighted by Gasteiger charge is 2.42. The topological polar surface area (TPSA) is 243 Å². The lowest BCUT2D eigenvalue weighted by atomic mass is 9.41. The van der Waals surface area contributed by atoms with Crippen LogP contribution in [0.1, 0.15) is 86.9 Å². The molecule has 466 valence electrons. The standard InChI is InChI=1S/C61H85BFN5O17/c1-7-15-73-16-17-74-18-19-75-20-21-76-22-23-77-24-25-78-26-27-79-28-29-80-30-31-81-32-33-82-34-35-83-36-37-84-45-11-9-44(10-12-45)43(4)66-67-59(71)61(5,6)58(70)65-51-14-13-46-42(3)50(63)39-52-54(46)55(51)47-40-68-53(56(47)64-52)38-49-48(57(68)69)41-85-60(72)62(49)8-2/h9-12,38-39,51H,7-8,13-37,40-41H2,1-6H3,(H,65,70)(H,67,71)/b66-43-. The van der Waals surface area contributed by atoms with Gasteiger partial charge < -0.3 is 71.5 Å². The van der Waals surface area contributed by atoms with Gasteiger partial charge in [0.2, 0.25) is 5.91 Å². The molecule has 0 saturated carbocycles. The number of ether oxygens (including phenoxy) is 13. The quantitative estimate of drug-likeness (QED) is 0.0162. The van der Waals surface area contributed by atoms with Gasteiger partial charge in [-0.05, 0) is 99.5 Å². The molecular formula is C61H85BFN5O17. The molecule has 1 atom stereocenters. The van der Waals surface area contributed by atoms with Gasteiger partial charge in [0.15, 0.2) is 0 Å². The Bertz CT molecular complexity index is 2890. The number of amides is 2. The average molecular weight is 1190 g/mol. The smallest absolute Gasteiger partial charge is 0.311 e. The second-order valence-corrected chi connectivity index (χ2v) is 21.1. The lowest BCUT2D eigenvalue weighted by Gasteiger charge is -2.32. The molecule has 2 aliphatic heterocycles. The van der Waals surface area contributed by atoms with Crippen molar-refractivity contribution in [3.05, 3.63) is 85.9 Å². The largest absolute Gasteiger partial charge is 0.491 e. The zero-order valence-corrected chi connectivity index (χ0v) is 50.3. The summed E-state index contributed by atoms with van der Waals surface area (Å²) in [4.78, 5) is 59.6. The Kier molecular flexibility index (Phi) is 27.6. The summed E-state index contributed by atoms with van der Waals surface area (Å²) < 4.78 is 88.9. The number of aromatic nitrogens is 2. The Morgan fingerprint density at radius 3 is 1.68 bits per heavy atom. The molecular weight excluding hydrogens is 1100 g/mol. The Labute approximate surface area is 497 Å². The lowest BCUT2D eigenvalue weighted by molar-refractivity contribution is -0.141. The molecule has 1 unspecified atom stereocenters. The van der Waals surface area contributed by atoms with Gasteiger partial charge in [0.25, 0.3) is 17.3 Å². The molecule has 0 fully saturated rings. The van der Waals surface area contributed by atoms with Crippen LogP contribution in [0.15, 0.2) is 46.3 Å². The number of carbonyl (C=O) groups is 3. The van der Waals surface area contributed by atoms with Gasteiger partial charge in [0.1, 0.15) is 30.2 Å². The number of cyclic esters (lactones) is 1. The van der Waals surface area contributed by atoms with E-state index in [2.05, 4.69) is 22.8 Å². The van der Waals surface area contributed by atoms with E-state index in [9.17, 15) is 19.2 Å². The van der Waals surface area contributed by atoms with Crippen molar-refractivity contribution in [3.8, 4) is 17.1 Å². The summed E-state index contributed by atoms with van der Waals surface area (Å²) in [5.41, 5.74) is 7.19.